The Bertz CT molecular complexity index is 898. The molecule has 140 valence electrons. The van der Waals surface area contributed by atoms with Gasteiger partial charge in [-0.15, -0.1) is 0 Å². The summed E-state index contributed by atoms with van der Waals surface area (Å²) in [6, 6.07) is 11.0. The van der Waals surface area contributed by atoms with Crippen molar-refractivity contribution < 1.29 is 22.7 Å². The average Bonchev–Trinajstić information content (AvgIpc) is 2.97. The lowest BCUT2D eigenvalue weighted by Gasteiger charge is -2.28. The number of hydrogen-bond acceptors (Lipinski definition) is 3. The predicted molar refractivity (Wildman–Crippen MR) is 97.4 cm³/mol. The van der Waals surface area contributed by atoms with Crippen molar-refractivity contribution in [2.24, 2.45) is 0 Å². The van der Waals surface area contributed by atoms with Gasteiger partial charge in [0.05, 0.1) is 18.8 Å². The number of benzene rings is 2. The van der Waals surface area contributed by atoms with Gasteiger partial charge < -0.3 is 15.0 Å². The maximum absolute atomic E-state index is 12.8. The Kier molecular flexibility index (Phi) is 4.39. The number of morpholine rings is 1. The summed E-state index contributed by atoms with van der Waals surface area (Å²) in [6.45, 7) is 3.06. The quantitative estimate of drug-likeness (QED) is 0.807. The average molecular weight is 374 g/mol. The third-order valence-corrected chi connectivity index (χ3v) is 4.71. The summed E-state index contributed by atoms with van der Waals surface area (Å²) in [5.41, 5.74) is 2.13. The van der Waals surface area contributed by atoms with Gasteiger partial charge in [-0.1, -0.05) is 18.2 Å². The molecule has 0 bridgehead atoms. The van der Waals surface area contributed by atoms with Crippen molar-refractivity contribution in [1.82, 2.24) is 0 Å². The number of ether oxygens (including phenoxy) is 1. The van der Waals surface area contributed by atoms with Crippen LogP contribution in [0.3, 0.4) is 0 Å². The van der Waals surface area contributed by atoms with E-state index in [-0.39, 0.29) is 5.69 Å². The molecule has 4 rings (SSSR count). The van der Waals surface area contributed by atoms with Crippen molar-refractivity contribution in [1.29, 1.82) is 0 Å². The molecule has 27 heavy (non-hydrogen) atoms. The summed E-state index contributed by atoms with van der Waals surface area (Å²) in [4.78, 5) is 14.4. The van der Waals surface area contributed by atoms with E-state index in [1.807, 2.05) is 24.3 Å². The molecule has 0 radical (unpaired) electrons. The largest absolute Gasteiger partial charge is 0.416 e. The molecule has 4 nitrogen and oxygen atoms in total. The van der Waals surface area contributed by atoms with Gasteiger partial charge in [-0.2, -0.15) is 13.2 Å². The summed E-state index contributed by atoms with van der Waals surface area (Å²) in [5.74, 6) is -0.401. The van der Waals surface area contributed by atoms with Crippen molar-refractivity contribution in [2.45, 2.75) is 6.18 Å². The van der Waals surface area contributed by atoms with Gasteiger partial charge in [0.2, 0.25) is 0 Å². The first-order valence-corrected chi connectivity index (χ1v) is 8.59. The van der Waals surface area contributed by atoms with Crippen LogP contribution in [0.5, 0.6) is 0 Å². The minimum atomic E-state index is -4.44. The Balaban J connectivity index is 1.60. The number of carbonyl (C=O) groups excluding carboxylic acids is 1. The highest BCUT2D eigenvalue weighted by molar-refractivity contribution is 6.34. The molecule has 2 aliphatic rings. The van der Waals surface area contributed by atoms with E-state index < -0.39 is 17.6 Å². The molecule has 2 aromatic rings. The normalized spacial score (nSPS) is 18.6. The molecule has 2 aromatic carbocycles. The van der Waals surface area contributed by atoms with Crippen LogP contribution < -0.4 is 10.2 Å². The monoisotopic (exact) mass is 374 g/mol. The zero-order valence-corrected chi connectivity index (χ0v) is 14.3. The fourth-order valence-electron chi connectivity index (χ4n) is 3.28. The number of alkyl halides is 3. The Morgan fingerprint density at radius 3 is 2.41 bits per heavy atom. The van der Waals surface area contributed by atoms with Gasteiger partial charge in [0.1, 0.15) is 0 Å². The number of hydrogen-bond donors (Lipinski definition) is 1. The lowest BCUT2D eigenvalue weighted by atomic mass is 10.0. The van der Waals surface area contributed by atoms with E-state index in [0.717, 1.165) is 36.5 Å². The zero-order chi connectivity index (χ0) is 19.0. The molecular formula is C20H17F3N2O2. The van der Waals surface area contributed by atoms with E-state index in [2.05, 4.69) is 10.2 Å². The third-order valence-electron chi connectivity index (χ3n) is 4.71. The highest BCUT2D eigenvalue weighted by atomic mass is 19.4. The van der Waals surface area contributed by atoms with Crippen LogP contribution in [0.25, 0.3) is 11.6 Å². The fraction of sp³-hybridized carbons (Fsp3) is 0.250. The van der Waals surface area contributed by atoms with Gasteiger partial charge in [-0.25, -0.2) is 0 Å². The molecule has 1 saturated heterocycles. The Hall–Kier alpha value is -2.80. The van der Waals surface area contributed by atoms with E-state index in [4.69, 9.17) is 4.74 Å². The van der Waals surface area contributed by atoms with Gasteiger partial charge in [-0.3, -0.25) is 4.79 Å². The van der Waals surface area contributed by atoms with Crippen molar-refractivity contribution >= 4 is 28.9 Å². The number of rotatable bonds is 2. The first kappa shape index (κ1) is 17.6. The fourth-order valence-corrected chi connectivity index (χ4v) is 3.28. The van der Waals surface area contributed by atoms with Crippen molar-refractivity contribution in [3.05, 3.63) is 59.2 Å². The zero-order valence-electron chi connectivity index (χ0n) is 14.3. The van der Waals surface area contributed by atoms with Crippen LogP contribution in [-0.4, -0.2) is 32.2 Å². The van der Waals surface area contributed by atoms with Crippen LogP contribution in [0, 0.1) is 0 Å². The first-order valence-electron chi connectivity index (χ1n) is 8.59. The standard InChI is InChI=1S/C20H17F3N2O2/c21-20(22,23)14-3-6-16-17(19(26)24-18(16)12-14)11-13-1-4-15(5-2-13)25-7-9-27-10-8-25/h1-6,11-12H,7-10H2,(H,24,26)/b17-11-. The number of fused-ring (bicyclic) bond motifs is 1. The van der Waals surface area contributed by atoms with Gasteiger partial charge in [0.15, 0.2) is 0 Å². The van der Waals surface area contributed by atoms with Crippen LogP contribution in [0.2, 0.25) is 0 Å². The van der Waals surface area contributed by atoms with Crippen molar-refractivity contribution in [3.63, 3.8) is 0 Å². The molecule has 2 aliphatic heterocycles. The van der Waals surface area contributed by atoms with E-state index >= 15 is 0 Å². The van der Waals surface area contributed by atoms with E-state index in [9.17, 15) is 18.0 Å². The molecule has 1 fully saturated rings. The molecule has 1 N–H and O–H groups in total. The highest BCUT2D eigenvalue weighted by Gasteiger charge is 2.33. The minimum Gasteiger partial charge on any atom is -0.378 e. The summed E-state index contributed by atoms with van der Waals surface area (Å²) < 4.78 is 43.9. The van der Waals surface area contributed by atoms with Crippen LogP contribution in [0.1, 0.15) is 16.7 Å². The summed E-state index contributed by atoms with van der Waals surface area (Å²) in [7, 11) is 0. The maximum Gasteiger partial charge on any atom is 0.416 e. The smallest absolute Gasteiger partial charge is 0.378 e. The lowest BCUT2D eigenvalue weighted by molar-refractivity contribution is -0.137. The van der Waals surface area contributed by atoms with Crippen LogP contribution in [0.4, 0.5) is 24.5 Å². The molecule has 7 heteroatoms. The molecule has 0 spiro atoms. The van der Waals surface area contributed by atoms with Crippen molar-refractivity contribution in [2.75, 3.05) is 36.5 Å². The molecular weight excluding hydrogens is 357 g/mol. The van der Waals surface area contributed by atoms with E-state index in [0.29, 0.717) is 24.4 Å². The second-order valence-corrected chi connectivity index (χ2v) is 6.46. The van der Waals surface area contributed by atoms with Crippen LogP contribution >= 0.6 is 0 Å². The summed E-state index contributed by atoms with van der Waals surface area (Å²) in [5, 5.41) is 2.51. The predicted octanol–water partition coefficient (Wildman–Crippen LogP) is 4.03. The molecule has 0 unspecified atom stereocenters. The molecule has 0 saturated carbocycles. The number of amides is 1. The Labute approximate surface area is 154 Å². The van der Waals surface area contributed by atoms with E-state index in [1.165, 1.54) is 6.07 Å². The van der Waals surface area contributed by atoms with Crippen molar-refractivity contribution in [3.8, 4) is 0 Å². The summed E-state index contributed by atoms with van der Waals surface area (Å²) >= 11 is 0. The lowest BCUT2D eigenvalue weighted by Crippen LogP contribution is -2.36. The maximum atomic E-state index is 12.8. The number of anilines is 2. The highest BCUT2D eigenvalue weighted by Crippen LogP contribution is 2.38. The Morgan fingerprint density at radius 1 is 1.04 bits per heavy atom. The SMILES string of the molecule is O=C1Nc2cc(C(F)(F)F)ccc2/C1=C/c1ccc(N2CCOCC2)cc1. The molecule has 0 atom stereocenters. The topological polar surface area (TPSA) is 41.6 Å². The van der Waals surface area contributed by atoms with Gasteiger partial charge in [0, 0.05) is 35.6 Å². The van der Waals surface area contributed by atoms with Gasteiger partial charge in [-0.05, 0) is 35.9 Å². The number of carbonyl (C=O) groups is 1. The van der Waals surface area contributed by atoms with Crippen LogP contribution in [-0.2, 0) is 15.7 Å². The van der Waals surface area contributed by atoms with Crippen LogP contribution in [0.15, 0.2) is 42.5 Å². The number of halogens is 3. The number of nitrogens with one attached hydrogen (secondary N) is 1. The molecule has 0 aliphatic carbocycles. The molecule has 2 heterocycles. The second-order valence-electron chi connectivity index (χ2n) is 6.46. The third kappa shape index (κ3) is 3.55. The minimum absolute atomic E-state index is 0.186. The Morgan fingerprint density at radius 2 is 1.74 bits per heavy atom. The molecule has 1 amide bonds. The van der Waals surface area contributed by atoms with E-state index in [1.54, 1.807) is 6.08 Å². The second kappa shape index (κ2) is 6.74. The molecule has 0 aromatic heterocycles. The van der Waals surface area contributed by atoms with Gasteiger partial charge in [0.25, 0.3) is 5.91 Å². The summed E-state index contributed by atoms with van der Waals surface area (Å²) in [6.07, 6.45) is -2.75. The first-order chi connectivity index (χ1) is 12.9. The van der Waals surface area contributed by atoms with Gasteiger partial charge >= 0.3 is 6.18 Å². The number of nitrogens with zero attached hydrogens (tertiary/aromatic N) is 1.